The minimum absolute atomic E-state index is 0.196. The second kappa shape index (κ2) is 11.0. The summed E-state index contributed by atoms with van der Waals surface area (Å²) in [5, 5.41) is 2.75. The molecule has 0 heterocycles. The van der Waals surface area contributed by atoms with E-state index in [1.54, 1.807) is 14.0 Å². The molecule has 0 aliphatic heterocycles. The van der Waals surface area contributed by atoms with E-state index in [2.05, 4.69) is 5.32 Å². The standard InChI is InChI=1S/C22H27NO5/c1-16-6-10-20(11-7-16)27-14-4-5-21(24)28-17(2)22(25)23-15-18-8-12-19(26-3)13-9-18/h6-13,17H,4-5,14-15H2,1-3H3,(H,23,25)/t17-/m1/s1. The molecule has 0 spiro atoms. The summed E-state index contributed by atoms with van der Waals surface area (Å²) >= 11 is 0. The number of methoxy groups -OCH3 is 1. The van der Waals surface area contributed by atoms with E-state index in [4.69, 9.17) is 14.2 Å². The predicted octanol–water partition coefficient (Wildman–Crippen LogP) is 3.41. The lowest BCUT2D eigenvalue weighted by Gasteiger charge is -2.14. The molecule has 1 atom stereocenters. The van der Waals surface area contributed by atoms with Crippen LogP contribution >= 0.6 is 0 Å². The molecule has 0 saturated carbocycles. The van der Waals surface area contributed by atoms with E-state index in [1.807, 2.05) is 55.5 Å². The first kappa shape index (κ1) is 21.3. The Kier molecular flexibility index (Phi) is 8.34. The van der Waals surface area contributed by atoms with E-state index in [9.17, 15) is 9.59 Å². The van der Waals surface area contributed by atoms with Crippen molar-refractivity contribution in [1.29, 1.82) is 0 Å². The van der Waals surface area contributed by atoms with Gasteiger partial charge in [0.05, 0.1) is 13.7 Å². The van der Waals surface area contributed by atoms with Gasteiger partial charge in [0.1, 0.15) is 11.5 Å². The Bertz CT molecular complexity index is 756. The van der Waals surface area contributed by atoms with Crippen LogP contribution in [0.25, 0.3) is 0 Å². The van der Waals surface area contributed by atoms with Crippen LogP contribution in [0.1, 0.15) is 30.9 Å². The molecule has 0 aromatic heterocycles. The first-order valence-corrected chi connectivity index (χ1v) is 9.27. The zero-order chi connectivity index (χ0) is 20.4. The Morgan fingerprint density at radius 2 is 1.64 bits per heavy atom. The fourth-order valence-electron chi connectivity index (χ4n) is 2.43. The number of ether oxygens (including phenoxy) is 3. The van der Waals surface area contributed by atoms with Gasteiger partial charge in [-0.05, 0) is 50.1 Å². The van der Waals surface area contributed by atoms with Crippen LogP contribution in [0.2, 0.25) is 0 Å². The van der Waals surface area contributed by atoms with E-state index in [0.29, 0.717) is 19.6 Å². The highest BCUT2D eigenvalue weighted by atomic mass is 16.5. The molecule has 150 valence electrons. The van der Waals surface area contributed by atoms with E-state index in [1.165, 1.54) is 0 Å². The maximum absolute atomic E-state index is 12.1. The van der Waals surface area contributed by atoms with Gasteiger partial charge in [0, 0.05) is 13.0 Å². The highest BCUT2D eigenvalue weighted by Gasteiger charge is 2.17. The summed E-state index contributed by atoms with van der Waals surface area (Å²) in [6.45, 7) is 4.34. The maximum atomic E-state index is 12.1. The average molecular weight is 385 g/mol. The SMILES string of the molecule is COc1ccc(CNC(=O)[C@@H](C)OC(=O)CCCOc2ccc(C)cc2)cc1. The van der Waals surface area contributed by atoms with Gasteiger partial charge in [-0.15, -0.1) is 0 Å². The number of benzene rings is 2. The van der Waals surface area contributed by atoms with E-state index < -0.39 is 12.1 Å². The summed E-state index contributed by atoms with van der Waals surface area (Å²) < 4.78 is 15.8. The first-order chi connectivity index (χ1) is 13.5. The molecular weight excluding hydrogens is 358 g/mol. The van der Waals surface area contributed by atoms with Crippen molar-refractivity contribution in [2.24, 2.45) is 0 Å². The third-order valence-corrected chi connectivity index (χ3v) is 4.12. The first-order valence-electron chi connectivity index (χ1n) is 9.27. The molecule has 1 N–H and O–H groups in total. The smallest absolute Gasteiger partial charge is 0.306 e. The molecule has 2 aromatic rings. The number of amides is 1. The lowest BCUT2D eigenvalue weighted by atomic mass is 10.2. The highest BCUT2D eigenvalue weighted by molar-refractivity contribution is 5.83. The van der Waals surface area contributed by atoms with Crippen LogP contribution in [0, 0.1) is 6.92 Å². The molecule has 0 aliphatic carbocycles. The monoisotopic (exact) mass is 385 g/mol. The number of nitrogens with one attached hydrogen (secondary N) is 1. The molecule has 28 heavy (non-hydrogen) atoms. The molecule has 1 amide bonds. The fourth-order valence-corrected chi connectivity index (χ4v) is 2.43. The van der Waals surface area contributed by atoms with Crippen molar-refractivity contribution in [3.05, 3.63) is 59.7 Å². The van der Waals surface area contributed by atoms with Crippen molar-refractivity contribution in [3.63, 3.8) is 0 Å². The van der Waals surface area contributed by atoms with Crippen molar-refractivity contribution >= 4 is 11.9 Å². The van der Waals surface area contributed by atoms with Crippen LogP contribution in [-0.2, 0) is 20.9 Å². The summed E-state index contributed by atoms with van der Waals surface area (Å²) in [6, 6.07) is 15.1. The van der Waals surface area contributed by atoms with Gasteiger partial charge in [0.25, 0.3) is 5.91 Å². The molecule has 6 nitrogen and oxygen atoms in total. The summed E-state index contributed by atoms with van der Waals surface area (Å²) in [5.41, 5.74) is 2.09. The van der Waals surface area contributed by atoms with Crippen LogP contribution in [0.4, 0.5) is 0 Å². The number of carbonyl (C=O) groups is 2. The molecule has 0 unspecified atom stereocenters. The molecule has 2 aromatic carbocycles. The molecule has 0 aliphatic rings. The van der Waals surface area contributed by atoms with Gasteiger partial charge in [-0.25, -0.2) is 0 Å². The summed E-state index contributed by atoms with van der Waals surface area (Å²) in [5.74, 6) is 0.772. The van der Waals surface area contributed by atoms with Crippen LogP contribution in [0.3, 0.4) is 0 Å². The van der Waals surface area contributed by atoms with Crippen LogP contribution in [-0.4, -0.2) is 31.7 Å². The number of hydrogen-bond acceptors (Lipinski definition) is 5. The van der Waals surface area contributed by atoms with E-state index in [-0.39, 0.29) is 12.3 Å². The Morgan fingerprint density at radius 1 is 1.00 bits per heavy atom. The number of esters is 1. The minimum Gasteiger partial charge on any atom is -0.497 e. The van der Waals surface area contributed by atoms with Gasteiger partial charge in [-0.2, -0.15) is 0 Å². The van der Waals surface area contributed by atoms with Gasteiger partial charge >= 0.3 is 5.97 Å². The van der Waals surface area contributed by atoms with Gasteiger partial charge in [0.15, 0.2) is 6.10 Å². The third kappa shape index (κ3) is 7.31. The lowest BCUT2D eigenvalue weighted by molar-refractivity contribution is -0.155. The largest absolute Gasteiger partial charge is 0.497 e. The minimum atomic E-state index is -0.844. The summed E-state index contributed by atoms with van der Waals surface area (Å²) in [6.07, 6.45) is -0.127. The molecule has 6 heteroatoms. The Morgan fingerprint density at radius 3 is 2.29 bits per heavy atom. The number of aryl methyl sites for hydroxylation is 1. The van der Waals surface area contributed by atoms with Crippen molar-refractivity contribution in [1.82, 2.24) is 5.32 Å². The second-order valence-electron chi connectivity index (χ2n) is 6.46. The van der Waals surface area contributed by atoms with Crippen LogP contribution < -0.4 is 14.8 Å². The number of rotatable bonds is 10. The molecule has 0 saturated heterocycles. The van der Waals surface area contributed by atoms with Crippen molar-refractivity contribution in [2.45, 2.75) is 39.3 Å². The quantitative estimate of drug-likeness (QED) is 0.501. The van der Waals surface area contributed by atoms with Gasteiger partial charge < -0.3 is 19.5 Å². The van der Waals surface area contributed by atoms with Gasteiger partial charge in [-0.1, -0.05) is 29.8 Å². The van der Waals surface area contributed by atoms with Crippen molar-refractivity contribution < 1.29 is 23.8 Å². The zero-order valence-electron chi connectivity index (χ0n) is 16.6. The van der Waals surface area contributed by atoms with Crippen molar-refractivity contribution in [2.75, 3.05) is 13.7 Å². The molecular formula is C22H27NO5. The van der Waals surface area contributed by atoms with Crippen LogP contribution in [0.5, 0.6) is 11.5 Å². The van der Waals surface area contributed by atoms with Crippen molar-refractivity contribution in [3.8, 4) is 11.5 Å². The van der Waals surface area contributed by atoms with Crippen LogP contribution in [0.15, 0.2) is 48.5 Å². The lowest BCUT2D eigenvalue weighted by Crippen LogP contribution is -2.35. The Hall–Kier alpha value is -3.02. The number of carbonyl (C=O) groups excluding carboxylic acids is 2. The maximum Gasteiger partial charge on any atom is 0.306 e. The van der Waals surface area contributed by atoms with E-state index in [0.717, 1.165) is 22.6 Å². The molecule has 0 bridgehead atoms. The summed E-state index contributed by atoms with van der Waals surface area (Å²) in [7, 11) is 1.60. The Labute approximate surface area is 165 Å². The zero-order valence-corrected chi connectivity index (χ0v) is 16.6. The molecule has 0 radical (unpaired) electrons. The second-order valence-corrected chi connectivity index (χ2v) is 6.46. The van der Waals surface area contributed by atoms with Gasteiger partial charge in [0.2, 0.25) is 0 Å². The number of hydrogen-bond donors (Lipinski definition) is 1. The summed E-state index contributed by atoms with van der Waals surface area (Å²) in [4.78, 5) is 24.0. The van der Waals surface area contributed by atoms with E-state index >= 15 is 0 Å². The normalized spacial score (nSPS) is 11.4. The average Bonchev–Trinajstić information content (AvgIpc) is 2.71. The highest BCUT2D eigenvalue weighted by Crippen LogP contribution is 2.12. The Balaban J connectivity index is 1.63. The third-order valence-electron chi connectivity index (χ3n) is 4.12. The molecule has 0 fully saturated rings. The predicted molar refractivity (Wildman–Crippen MR) is 106 cm³/mol. The molecule has 2 rings (SSSR count). The fraction of sp³-hybridized carbons (Fsp3) is 0.364. The van der Waals surface area contributed by atoms with Gasteiger partial charge in [-0.3, -0.25) is 9.59 Å². The topological polar surface area (TPSA) is 73.9 Å².